The molecule has 0 saturated carbocycles. The molecule has 0 radical (unpaired) electrons. The molecular formula is C88H152N2NiO2. The fourth-order valence-corrected chi connectivity index (χ4v) is 13.6. The summed E-state index contributed by atoms with van der Waals surface area (Å²) in [5.74, 6) is -0.690. The molecule has 0 spiro atoms. The first-order chi connectivity index (χ1) is 45.3. The van der Waals surface area contributed by atoms with Crippen molar-refractivity contribution in [3.63, 3.8) is 0 Å². The van der Waals surface area contributed by atoms with Gasteiger partial charge in [0.1, 0.15) is 0 Å². The molecule has 3 aromatic carbocycles. The molecule has 0 fully saturated rings. The van der Waals surface area contributed by atoms with Crippen molar-refractivity contribution >= 4 is 22.8 Å². The van der Waals surface area contributed by atoms with E-state index in [1.54, 1.807) is 6.07 Å². The average Bonchev–Trinajstić information content (AvgIpc) is 2.44. The van der Waals surface area contributed by atoms with E-state index >= 15 is 0 Å². The van der Waals surface area contributed by atoms with E-state index < -0.39 is 0 Å². The van der Waals surface area contributed by atoms with E-state index in [2.05, 4.69) is 83.1 Å². The molecule has 0 amide bonds. The Morgan fingerprint density at radius 2 is 0.527 bits per heavy atom. The minimum Gasteiger partial charge on any atom is -0.873 e. The Hall–Kier alpha value is -2.91. The number of unbranched alkanes of at least 4 members (excludes halogenated alkanes) is 54. The standard InChI is InChI=1S/C77H138N2.C11H16O2.Ni/c1-5-8-11-14-16-18-20-22-24-26-28-30-32-34-36-38-40-42-44-46-48-50-52-54-56-58-61-73-64-68-75(69-65-73)78-72(4)77(63-60-13-10-7-3)79-76-70-66-74(67-71-76)62-59-57-55-53-51-49-47-45-43-41-39-37-35-33-31-29-27-25-23-21-19-17-15-12-9-6-2;1-3-4-5-9-8(2)6-7-10(12)11(9)13;/h64-71H,5-63H2,1-4H3;6-7,12-13H,3-5H2,1-2H3;/q;;+2/p-2. The molecule has 93 heavy (non-hydrogen) atoms. The molecule has 5 heteroatoms. The molecule has 3 rings (SSSR count). The van der Waals surface area contributed by atoms with E-state index in [0.717, 1.165) is 54.0 Å². The van der Waals surface area contributed by atoms with Crippen molar-refractivity contribution in [2.75, 3.05) is 0 Å². The van der Waals surface area contributed by atoms with Crippen LogP contribution in [0.25, 0.3) is 0 Å². The van der Waals surface area contributed by atoms with Crippen molar-refractivity contribution in [2.24, 2.45) is 9.98 Å². The average molecular weight is 1330 g/mol. The Morgan fingerprint density at radius 3 is 0.806 bits per heavy atom. The SMILES string of the molecule is CCCCCCCCCCCCCCCCCCCCCCCCCCCCc1ccc(N=C(C)C(CCCCCC)=Nc2ccc(CCCCCCCCCCCCCCCCCCCCCCCCCCCC)cc2)cc1.CCCCc1c(C)ccc([O-])c1[O-].[Ni+2]. The number of benzene rings is 3. The summed E-state index contributed by atoms with van der Waals surface area (Å²) in [6, 6.07) is 21.3. The molecular weight excluding hydrogens is 1180 g/mol. The molecule has 0 bridgehead atoms. The molecule has 536 valence electrons. The first-order valence-corrected chi connectivity index (χ1v) is 41.1. The molecule has 3 aromatic rings. The van der Waals surface area contributed by atoms with E-state index in [9.17, 15) is 10.2 Å². The van der Waals surface area contributed by atoms with Crippen LogP contribution in [-0.2, 0) is 35.8 Å². The summed E-state index contributed by atoms with van der Waals surface area (Å²) in [6.45, 7) is 13.0. The minimum atomic E-state index is -0.378. The number of rotatable bonds is 65. The second-order valence-corrected chi connectivity index (χ2v) is 28.9. The van der Waals surface area contributed by atoms with Gasteiger partial charge in [-0.05, 0) is 106 Å². The van der Waals surface area contributed by atoms with Crippen LogP contribution < -0.4 is 10.2 Å². The van der Waals surface area contributed by atoms with E-state index in [1.165, 1.54) is 390 Å². The van der Waals surface area contributed by atoms with Crippen LogP contribution in [0.2, 0.25) is 0 Å². The van der Waals surface area contributed by atoms with Gasteiger partial charge in [0.15, 0.2) is 0 Å². The zero-order valence-corrected chi connectivity index (χ0v) is 63.6. The van der Waals surface area contributed by atoms with Crippen LogP contribution >= 0.6 is 0 Å². The first-order valence-electron chi connectivity index (χ1n) is 41.1. The third kappa shape index (κ3) is 53.8. The van der Waals surface area contributed by atoms with E-state index in [0.29, 0.717) is 5.56 Å². The molecule has 0 N–H and O–H groups in total. The quantitative estimate of drug-likeness (QED) is 0.0321. The van der Waals surface area contributed by atoms with Gasteiger partial charge in [0, 0.05) is 0 Å². The maximum Gasteiger partial charge on any atom is 2.00 e. The fraction of sp³-hybridized carbons (Fsp3) is 0.773. The second-order valence-electron chi connectivity index (χ2n) is 28.9. The van der Waals surface area contributed by atoms with Crippen LogP contribution in [-0.4, -0.2) is 11.4 Å². The normalized spacial score (nSPS) is 11.8. The smallest absolute Gasteiger partial charge is 0.873 e. The molecule has 4 nitrogen and oxygen atoms in total. The van der Waals surface area contributed by atoms with Gasteiger partial charge in [0.2, 0.25) is 0 Å². The monoisotopic (exact) mass is 1330 g/mol. The topological polar surface area (TPSA) is 70.8 Å². The van der Waals surface area contributed by atoms with Crippen molar-refractivity contribution in [1.82, 2.24) is 0 Å². The van der Waals surface area contributed by atoms with Gasteiger partial charge in [-0.3, -0.25) is 9.98 Å². The van der Waals surface area contributed by atoms with E-state index in [-0.39, 0.29) is 28.0 Å². The van der Waals surface area contributed by atoms with Crippen LogP contribution in [0.15, 0.2) is 70.6 Å². The third-order valence-electron chi connectivity index (χ3n) is 20.0. The van der Waals surface area contributed by atoms with Crippen LogP contribution in [0.4, 0.5) is 11.4 Å². The molecule has 0 heterocycles. The van der Waals surface area contributed by atoms with E-state index in [1.807, 2.05) is 6.92 Å². The van der Waals surface area contributed by atoms with Gasteiger partial charge in [-0.15, -0.1) is 11.5 Å². The Bertz CT molecular complexity index is 2090. The third-order valence-corrected chi connectivity index (χ3v) is 20.0. The van der Waals surface area contributed by atoms with E-state index in [4.69, 9.17) is 9.98 Å². The zero-order valence-electron chi connectivity index (χ0n) is 62.6. The van der Waals surface area contributed by atoms with Crippen LogP contribution in [0, 0.1) is 6.92 Å². The van der Waals surface area contributed by atoms with Crippen molar-refractivity contribution in [3.8, 4) is 11.5 Å². The fourth-order valence-electron chi connectivity index (χ4n) is 13.6. The molecule has 0 aliphatic carbocycles. The number of aliphatic imine (C=N–C) groups is 2. The second kappa shape index (κ2) is 67.7. The van der Waals surface area contributed by atoms with Crippen LogP contribution in [0.1, 0.15) is 436 Å². The van der Waals surface area contributed by atoms with Gasteiger partial charge < -0.3 is 10.2 Å². The van der Waals surface area contributed by atoms with Gasteiger partial charge in [0.05, 0.1) is 22.8 Å². The largest absolute Gasteiger partial charge is 2.00 e. The van der Waals surface area contributed by atoms with Gasteiger partial charge in [0.25, 0.3) is 0 Å². The molecule has 0 aliphatic heterocycles. The maximum atomic E-state index is 11.4. The number of aryl methyl sites for hydroxylation is 3. The van der Waals surface area contributed by atoms with Crippen LogP contribution in [0.3, 0.4) is 0 Å². The summed E-state index contributed by atoms with van der Waals surface area (Å²) in [5, 5.41) is 22.4. The summed E-state index contributed by atoms with van der Waals surface area (Å²) < 4.78 is 0. The molecule has 0 saturated heterocycles. The van der Waals surface area contributed by atoms with Crippen molar-refractivity contribution in [2.45, 2.75) is 440 Å². The molecule has 0 unspecified atom stereocenters. The Labute approximate surface area is 590 Å². The number of nitrogens with zero attached hydrogens (tertiary/aromatic N) is 2. The van der Waals surface area contributed by atoms with Crippen molar-refractivity contribution < 1.29 is 26.7 Å². The van der Waals surface area contributed by atoms with Gasteiger partial charge in [-0.25, -0.2) is 0 Å². The molecule has 0 aromatic heterocycles. The Kier molecular flexibility index (Phi) is 64.1. The van der Waals surface area contributed by atoms with Crippen molar-refractivity contribution in [3.05, 3.63) is 82.9 Å². The number of hydrogen-bond donors (Lipinski definition) is 0. The molecule has 0 aliphatic rings. The summed E-state index contributed by atoms with van der Waals surface area (Å²) in [7, 11) is 0. The summed E-state index contributed by atoms with van der Waals surface area (Å²) in [4.78, 5) is 10.3. The number of hydrogen-bond acceptors (Lipinski definition) is 4. The summed E-state index contributed by atoms with van der Waals surface area (Å²) in [6.07, 6.45) is 86.4. The minimum absolute atomic E-state index is 0. The van der Waals surface area contributed by atoms with Gasteiger partial charge in [-0.1, -0.05) is 416 Å². The Balaban J connectivity index is 0.00000273. The summed E-state index contributed by atoms with van der Waals surface area (Å²) >= 11 is 0. The first kappa shape index (κ1) is 88.1. The van der Waals surface area contributed by atoms with Crippen molar-refractivity contribution in [1.29, 1.82) is 0 Å². The van der Waals surface area contributed by atoms with Crippen LogP contribution in [0.5, 0.6) is 11.5 Å². The molecule has 0 atom stereocenters. The maximum absolute atomic E-state index is 11.4. The summed E-state index contributed by atoms with van der Waals surface area (Å²) in [5.41, 5.74) is 8.88. The van der Waals surface area contributed by atoms with Gasteiger partial charge in [-0.2, -0.15) is 0 Å². The zero-order chi connectivity index (χ0) is 66.1. The predicted octanol–water partition coefficient (Wildman–Crippen LogP) is 29.4. The Morgan fingerprint density at radius 1 is 0.280 bits per heavy atom. The predicted molar refractivity (Wildman–Crippen MR) is 409 cm³/mol. The van der Waals surface area contributed by atoms with Gasteiger partial charge >= 0.3 is 16.5 Å².